The number of anilines is 2. The minimum absolute atomic E-state index is 0.113. The minimum Gasteiger partial charge on any atom is -0.373 e. The van der Waals surface area contributed by atoms with Crippen LogP contribution in [0.4, 0.5) is 24.8 Å². The number of aromatic nitrogens is 2. The largest absolute Gasteiger partial charge is 0.451 e. The Morgan fingerprint density at radius 2 is 1.95 bits per heavy atom. The fraction of sp³-hybridized carbons (Fsp3) is 0.273. The molecule has 20 heavy (non-hydrogen) atoms. The van der Waals surface area contributed by atoms with E-state index in [0.717, 1.165) is 8.66 Å². The number of thiophene rings is 1. The van der Waals surface area contributed by atoms with E-state index in [2.05, 4.69) is 36.5 Å². The standard InChI is InChI=1S/C11H10BrF3N4S/c1-16-8-4-9(19-10(18-8)11(13,14)15)17-5-6-2-3-7(12)20-6/h2-4H,5H2,1H3,(H2,16,17,18,19). The molecule has 4 nitrogen and oxygen atoms in total. The summed E-state index contributed by atoms with van der Waals surface area (Å²) in [5, 5.41) is 5.45. The van der Waals surface area contributed by atoms with Gasteiger partial charge in [0, 0.05) is 18.0 Å². The van der Waals surface area contributed by atoms with E-state index in [9.17, 15) is 13.2 Å². The van der Waals surface area contributed by atoms with Crippen LogP contribution in [0, 0.1) is 0 Å². The highest BCUT2D eigenvalue weighted by atomic mass is 79.9. The van der Waals surface area contributed by atoms with Crippen molar-refractivity contribution in [2.75, 3.05) is 17.7 Å². The average molecular weight is 367 g/mol. The van der Waals surface area contributed by atoms with Crippen LogP contribution in [-0.4, -0.2) is 17.0 Å². The van der Waals surface area contributed by atoms with E-state index in [4.69, 9.17) is 0 Å². The lowest BCUT2D eigenvalue weighted by Crippen LogP contribution is -2.14. The van der Waals surface area contributed by atoms with Crippen LogP contribution < -0.4 is 10.6 Å². The number of hydrogen-bond acceptors (Lipinski definition) is 5. The number of nitrogens with zero attached hydrogens (tertiary/aromatic N) is 2. The van der Waals surface area contributed by atoms with Gasteiger partial charge in [0.2, 0.25) is 5.82 Å². The summed E-state index contributed by atoms with van der Waals surface area (Å²) >= 11 is 4.82. The van der Waals surface area contributed by atoms with Crippen molar-refractivity contribution in [1.29, 1.82) is 0 Å². The van der Waals surface area contributed by atoms with Crippen LogP contribution in [0.15, 0.2) is 22.0 Å². The molecule has 2 aromatic heterocycles. The summed E-state index contributed by atoms with van der Waals surface area (Å²) in [5.41, 5.74) is 0. The van der Waals surface area contributed by atoms with Gasteiger partial charge in [0.05, 0.1) is 10.3 Å². The van der Waals surface area contributed by atoms with Gasteiger partial charge in [0.15, 0.2) is 0 Å². The number of nitrogens with one attached hydrogen (secondary N) is 2. The monoisotopic (exact) mass is 366 g/mol. The van der Waals surface area contributed by atoms with Crippen LogP contribution >= 0.6 is 27.3 Å². The lowest BCUT2D eigenvalue weighted by Gasteiger charge is -2.10. The molecule has 0 aromatic carbocycles. The molecule has 2 heterocycles. The molecule has 0 spiro atoms. The molecule has 0 aliphatic carbocycles. The molecule has 0 aliphatic heterocycles. The van der Waals surface area contributed by atoms with Crippen LogP contribution in [0.3, 0.4) is 0 Å². The molecule has 0 atom stereocenters. The van der Waals surface area contributed by atoms with Gasteiger partial charge in [0.25, 0.3) is 0 Å². The second-order valence-electron chi connectivity index (χ2n) is 3.77. The normalized spacial score (nSPS) is 11.4. The van der Waals surface area contributed by atoms with Crippen LogP contribution in [0.5, 0.6) is 0 Å². The lowest BCUT2D eigenvalue weighted by atomic mass is 10.4. The Morgan fingerprint density at radius 3 is 2.50 bits per heavy atom. The van der Waals surface area contributed by atoms with E-state index in [1.807, 2.05) is 12.1 Å². The summed E-state index contributed by atoms with van der Waals surface area (Å²) in [6.45, 7) is 0.397. The van der Waals surface area contributed by atoms with Gasteiger partial charge in [-0.2, -0.15) is 13.2 Å². The Labute approximate surface area is 125 Å². The van der Waals surface area contributed by atoms with Gasteiger partial charge in [-0.25, -0.2) is 9.97 Å². The van der Waals surface area contributed by atoms with Crippen molar-refractivity contribution in [2.24, 2.45) is 0 Å². The maximum Gasteiger partial charge on any atom is 0.451 e. The number of halogens is 4. The van der Waals surface area contributed by atoms with Crippen LogP contribution in [-0.2, 0) is 12.7 Å². The predicted molar refractivity (Wildman–Crippen MR) is 75.9 cm³/mol. The summed E-state index contributed by atoms with van der Waals surface area (Å²) < 4.78 is 39.0. The lowest BCUT2D eigenvalue weighted by molar-refractivity contribution is -0.144. The Hall–Kier alpha value is -1.35. The zero-order chi connectivity index (χ0) is 14.8. The van der Waals surface area contributed by atoms with Crippen molar-refractivity contribution in [2.45, 2.75) is 12.7 Å². The van der Waals surface area contributed by atoms with Crippen LogP contribution in [0.2, 0.25) is 0 Å². The molecular formula is C11H10BrF3N4S. The zero-order valence-electron chi connectivity index (χ0n) is 10.3. The van der Waals surface area contributed by atoms with Crippen molar-refractivity contribution in [3.05, 3.63) is 32.7 Å². The molecule has 0 aliphatic rings. The van der Waals surface area contributed by atoms with Gasteiger partial charge in [-0.15, -0.1) is 11.3 Å². The minimum atomic E-state index is -4.57. The fourth-order valence-corrected chi connectivity index (χ4v) is 2.84. The number of hydrogen-bond donors (Lipinski definition) is 2. The topological polar surface area (TPSA) is 49.8 Å². The maximum absolute atomic E-state index is 12.7. The highest BCUT2D eigenvalue weighted by molar-refractivity contribution is 9.11. The van der Waals surface area contributed by atoms with Crippen molar-refractivity contribution in [3.8, 4) is 0 Å². The molecule has 2 aromatic rings. The van der Waals surface area contributed by atoms with E-state index < -0.39 is 12.0 Å². The first-order chi connectivity index (χ1) is 9.38. The average Bonchev–Trinajstić information content (AvgIpc) is 2.81. The molecule has 2 N–H and O–H groups in total. The van der Waals surface area contributed by atoms with Crippen molar-refractivity contribution in [1.82, 2.24) is 9.97 Å². The van der Waals surface area contributed by atoms with Crippen LogP contribution in [0.25, 0.3) is 0 Å². The molecule has 0 fully saturated rings. The summed E-state index contributed by atoms with van der Waals surface area (Å²) in [5.74, 6) is -0.928. The highest BCUT2D eigenvalue weighted by Crippen LogP contribution is 2.28. The van der Waals surface area contributed by atoms with Crippen molar-refractivity contribution >= 4 is 38.9 Å². The Bertz CT molecular complexity index is 600. The molecule has 108 valence electrons. The first-order valence-electron chi connectivity index (χ1n) is 5.50. The Balaban J connectivity index is 2.18. The molecule has 2 rings (SSSR count). The first kappa shape index (κ1) is 15.0. The summed E-state index contributed by atoms with van der Waals surface area (Å²) in [6, 6.07) is 5.19. The highest BCUT2D eigenvalue weighted by Gasteiger charge is 2.35. The third kappa shape index (κ3) is 3.83. The summed E-state index contributed by atoms with van der Waals surface area (Å²) in [6.07, 6.45) is -4.57. The van der Waals surface area contributed by atoms with E-state index >= 15 is 0 Å². The predicted octanol–water partition coefficient (Wildman–Crippen LogP) is 3.97. The molecule has 0 saturated heterocycles. The van der Waals surface area contributed by atoms with Gasteiger partial charge >= 0.3 is 6.18 Å². The molecule has 0 saturated carbocycles. The van der Waals surface area contributed by atoms with Gasteiger partial charge in [0.1, 0.15) is 11.6 Å². The third-order valence-corrected chi connectivity index (χ3v) is 3.93. The van der Waals surface area contributed by atoms with Crippen molar-refractivity contribution in [3.63, 3.8) is 0 Å². The molecule has 0 bridgehead atoms. The van der Waals surface area contributed by atoms with Gasteiger partial charge in [-0.05, 0) is 28.1 Å². The summed E-state index contributed by atoms with van der Waals surface area (Å²) in [7, 11) is 1.50. The Kier molecular flexibility index (Phi) is 4.48. The SMILES string of the molecule is CNc1cc(NCc2ccc(Br)s2)nc(C(F)(F)F)n1. The van der Waals surface area contributed by atoms with E-state index in [1.54, 1.807) is 0 Å². The quantitative estimate of drug-likeness (QED) is 0.859. The number of alkyl halides is 3. The maximum atomic E-state index is 12.7. The van der Waals surface area contributed by atoms with Gasteiger partial charge in [-0.3, -0.25) is 0 Å². The molecule has 0 unspecified atom stereocenters. The first-order valence-corrected chi connectivity index (χ1v) is 7.11. The molecule has 0 radical (unpaired) electrons. The Morgan fingerprint density at radius 1 is 1.25 bits per heavy atom. The smallest absolute Gasteiger partial charge is 0.373 e. The second-order valence-corrected chi connectivity index (χ2v) is 6.32. The molecule has 0 amide bonds. The summed E-state index contributed by atoms with van der Waals surface area (Å²) in [4.78, 5) is 7.85. The molecular weight excluding hydrogens is 357 g/mol. The van der Waals surface area contributed by atoms with Crippen molar-refractivity contribution < 1.29 is 13.2 Å². The molecule has 9 heteroatoms. The van der Waals surface area contributed by atoms with Crippen LogP contribution in [0.1, 0.15) is 10.7 Å². The van der Waals surface area contributed by atoms with Gasteiger partial charge in [-0.1, -0.05) is 0 Å². The fourth-order valence-electron chi connectivity index (χ4n) is 1.42. The van der Waals surface area contributed by atoms with E-state index in [0.29, 0.717) is 6.54 Å². The van der Waals surface area contributed by atoms with E-state index in [-0.39, 0.29) is 11.6 Å². The zero-order valence-corrected chi connectivity index (χ0v) is 12.7. The third-order valence-electron chi connectivity index (χ3n) is 2.31. The number of rotatable bonds is 4. The van der Waals surface area contributed by atoms with Gasteiger partial charge < -0.3 is 10.6 Å². The van der Waals surface area contributed by atoms with E-state index in [1.165, 1.54) is 24.5 Å². The second kappa shape index (κ2) is 5.96.